The van der Waals surface area contributed by atoms with E-state index in [-0.39, 0.29) is 18.2 Å². The number of benzene rings is 3. The van der Waals surface area contributed by atoms with Gasteiger partial charge in [-0.1, -0.05) is 49.3 Å². The standard InChI is InChI=1S/C32H37FO5/c1-5-7-24(18-32(34)35)25-8-6-9-28(17-25)38-20-23-10-12-29(26(16-23)21-37-15-14-22(2)3)30-19-27(36-4)11-13-31(30)33/h6,8-14,16-17,19,24H,5,7,15,18,20-21H2,1-4H3,(H,34,35)/t24-/m1/s1. The molecule has 38 heavy (non-hydrogen) atoms. The maximum atomic E-state index is 14.8. The Morgan fingerprint density at radius 1 is 1.00 bits per heavy atom. The van der Waals surface area contributed by atoms with Crippen LogP contribution in [0.3, 0.4) is 0 Å². The monoisotopic (exact) mass is 520 g/mol. The third-order valence-corrected chi connectivity index (χ3v) is 6.29. The van der Waals surface area contributed by atoms with Crippen molar-refractivity contribution in [2.24, 2.45) is 0 Å². The largest absolute Gasteiger partial charge is 0.497 e. The Kier molecular flexibility index (Phi) is 10.9. The molecule has 0 bridgehead atoms. The second-order valence-corrected chi connectivity index (χ2v) is 9.58. The van der Waals surface area contributed by atoms with Gasteiger partial charge in [0.1, 0.15) is 23.9 Å². The Bertz CT molecular complexity index is 1250. The summed E-state index contributed by atoms with van der Waals surface area (Å²) >= 11 is 0. The third-order valence-electron chi connectivity index (χ3n) is 6.29. The van der Waals surface area contributed by atoms with Gasteiger partial charge in [-0.25, -0.2) is 4.39 Å². The molecular formula is C32H37FO5. The minimum atomic E-state index is -0.804. The lowest BCUT2D eigenvalue weighted by atomic mass is 9.91. The maximum absolute atomic E-state index is 14.8. The van der Waals surface area contributed by atoms with Crippen molar-refractivity contribution < 1.29 is 28.5 Å². The highest BCUT2D eigenvalue weighted by molar-refractivity contribution is 5.70. The van der Waals surface area contributed by atoms with Crippen molar-refractivity contribution in [3.8, 4) is 22.6 Å². The first-order valence-electron chi connectivity index (χ1n) is 12.9. The summed E-state index contributed by atoms with van der Waals surface area (Å²) in [5.41, 5.74) is 5.07. The number of halogens is 1. The van der Waals surface area contributed by atoms with Gasteiger partial charge in [-0.2, -0.15) is 0 Å². The van der Waals surface area contributed by atoms with Crippen LogP contribution in [0.5, 0.6) is 11.5 Å². The van der Waals surface area contributed by atoms with Gasteiger partial charge in [-0.3, -0.25) is 4.79 Å². The van der Waals surface area contributed by atoms with Crippen LogP contribution in [-0.2, 0) is 22.7 Å². The zero-order chi connectivity index (χ0) is 27.5. The molecule has 3 rings (SSSR count). The fraction of sp³-hybridized carbons (Fsp3) is 0.344. The minimum Gasteiger partial charge on any atom is -0.497 e. The van der Waals surface area contributed by atoms with Gasteiger partial charge in [0.25, 0.3) is 0 Å². The third kappa shape index (κ3) is 8.45. The molecule has 0 saturated carbocycles. The van der Waals surface area contributed by atoms with E-state index in [1.165, 1.54) is 6.07 Å². The summed E-state index contributed by atoms with van der Waals surface area (Å²) in [6.45, 7) is 7.16. The molecule has 3 aromatic carbocycles. The van der Waals surface area contributed by atoms with Crippen molar-refractivity contribution in [1.29, 1.82) is 0 Å². The molecule has 1 atom stereocenters. The van der Waals surface area contributed by atoms with E-state index < -0.39 is 5.97 Å². The molecule has 1 N–H and O–H groups in total. The van der Waals surface area contributed by atoms with E-state index >= 15 is 0 Å². The van der Waals surface area contributed by atoms with Crippen molar-refractivity contribution in [3.63, 3.8) is 0 Å². The summed E-state index contributed by atoms with van der Waals surface area (Å²) in [5.74, 6) is 0.0668. The number of allylic oxidation sites excluding steroid dienone is 1. The first-order chi connectivity index (χ1) is 18.3. The highest BCUT2D eigenvalue weighted by Gasteiger charge is 2.16. The highest BCUT2D eigenvalue weighted by atomic mass is 19.1. The molecule has 6 heteroatoms. The predicted octanol–water partition coefficient (Wildman–Crippen LogP) is 7.92. The second-order valence-electron chi connectivity index (χ2n) is 9.58. The smallest absolute Gasteiger partial charge is 0.303 e. The molecule has 0 heterocycles. The Balaban J connectivity index is 1.84. The molecule has 0 aliphatic carbocycles. The van der Waals surface area contributed by atoms with Gasteiger partial charge in [0.05, 0.1) is 26.7 Å². The lowest BCUT2D eigenvalue weighted by Gasteiger charge is -2.17. The Hall–Kier alpha value is -3.64. The number of carboxylic acids is 1. The van der Waals surface area contributed by atoms with Crippen LogP contribution in [-0.4, -0.2) is 24.8 Å². The van der Waals surface area contributed by atoms with Crippen molar-refractivity contribution in [3.05, 3.63) is 94.8 Å². The summed E-state index contributed by atoms with van der Waals surface area (Å²) in [6.07, 6.45) is 3.80. The van der Waals surface area contributed by atoms with E-state index in [4.69, 9.17) is 14.2 Å². The SMILES string of the molecule is CCC[C@H](CC(=O)O)c1cccc(OCc2ccc(-c3cc(OC)ccc3F)c(COCC=C(C)C)c2)c1. The van der Waals surface area contributed by atoms with Crippen molar-refractivity contribution in [2.45, 2.75) is 59.2 Å². The van der Waals surface area contributed by atoms with Crippen LogP contribution in [0.25, 0.3) is 11.1 Å². The number of rotatable bonds is 14. The van der Waals surface area contributed by atoms with Crippen molar-refractivity contribution in [1.82, 2.24) is 0 Å². The number of aliphatic carboxylic acids is 1. The van der Waals surface area contributed by atoms with Crippen LogP contribution in [0.1, 0.15) is 62.6 Å². The summed E-state index contributed by atoms with van der Waals surface area (Å²) in [6, 6.07) is 18.1. The van der Waals surface area contributed by atoms with E-state index in [2.05, 4.69) is 6.92 Å². The van der Waals surface area contributed by atoms with E-state index in [0.717, 1.165) is 40.7 Å². The van der Waals surface area contributed by atoms with E-state index in [1.54, 1.807) is 19.2 Å². The van der Waals surface area contributed by atoms with Crippen LogP contribution >= 0.6 is 0 Å². The lowest BCUT2D eigenvalue weighted by Crippen LogP contribution is -2.07. The Labute approximate surface area is 224 Å². The average molecular weight is 521 g/mol. The molecule has 0 radical (unpaired) electrons. The van der Waals surface area contributed by atoms with Gasteiger partial charge in [0, 0.05) is 5.56 Å². The molecule has 0 unspecified atom stereocenters. The van der Waals surface area contributed by atoms with Gasteiger partial charge in [-0.15, -0.1) is 0 Å². The number of carbonyl (C=O) groups is 1. The summed E-state index contributed by atoms with van der Waals surface area (Å²) in [4.78, 5) is 11.3. The molecule has 0 aliphatic heterocycles. The predicted molar refractivity (Wildman–Crippen MR) is 148 cm³/mol. The van der Waals surface area contributed by atoms with E-state index in [1.807, 2.05) is 62.4 Å². The quantitative estimate of drug-likeness (QED) is 0.173. The van der Waals surface area contributed by atoms with Crippen LogP contribution in [0.15, 0.2) is 72.3 Å². The number of hydrogen-bond acceptors (Lipinski definition) is 4. The molecule has 0 saturated heterocycles. The number of ether oxygens (including phenoxy) is 3. The molecule has 0 aliphatic rings. The summed E-state index contributed by atoms with van der Waals surface area (Å²) < 4.78 is 32.1. The minimum absolute atomic E-state index is 0.0531. The average Bonchev–Trinajstić information content (AvgIpc) is 2.90. The Morgan fingerprint density at radius 3 is 2.53 bits per heavy atom. The van der Waals surface area contributed by atoms with Crippen molar-refractivity contribution >= 4 is 5.97 Å². The van der Waals surface area contributed by atoms with Gasteiger partial charge in [-0.05, 0) is 84.8 Å². The fourth-order valence-electron chi connectivity index (χ4n) is 4.32. The molecule has 202 valence electrons. The van der Waals surface area contributed by atoms with Gasteiger partial charge < -0.3 is 19.3 Å². The number of methoxy groups -OCH3 is 1. The number of carboxylic acid groups (broad SMARTS) is 1. The van der Waals surface area contributed by atoms with Crippen LogP contribution in [0, 0.1) is 5.82 Å². The number of hydrogen-bond donors (Lipinski definition) is 1. The second kappa shape index (κ2) is 14.3. The molecule has 0 amide bonds. The molecule has 3 aromatic rings. The lowest BCUT2D eigenvalue weighted by molar-refractivity contribution is -0.137. The molecule has 5 nitrogen and oxygen atoms in total. The fourth-order valence-corrected chi connectivity index (χ4v) is 4.32. The Morgan fingerprint density at radius 2 is 1.82 bits per heavy atom. The normalized spacial score (nSPS) is 11.6. The first-order valence-corrected chi connectivity index (χ1v) is 12.9. The molecule has 0 spiro atoms. The van der Waals surface area contributed by atoms with E-state index in [9.17, 15) is 14.3 Å². The van der Waals surface area contributed by atoms with Crippen LogP contribution in [0.2, 0.25) is 0 Å². The maximum Gasteiger partial charge on any atom is 0.303 e. The molecule has 0 fully saturated rings. The zero-order valence-corrected chi connectivity index (χ0v) is 22.6. The highest BCUT2D eigenvalue weighted by Crippen LogP contribution is 2.32. The van der Waals surface area contributed by atoms with Crippen molar-refractivity contribution in [2.75, 3.05) is 13.7 Å². The first kappa shape index (κ1) is 28.9. The van der Waals surface area contributed by atoms with Gasteiger partial charge >= 0.3 is 5.97 Å². The topological polar surface area (TPSA) is 65.0 Å². The van der Waals surface area contributed by atoms with Gasteiger partial charge in [0.15, 0.2) is 0 Å². The zero-order valence-electron chi connectivity index (χ0n) is 22.6. The summed E-state index contributed by atoms with van der Waals surface area (Å²) in [5, 5.41) is 9.30. The van der Waals surface area contributed by atoms with Crippen LogP contribution in [0.4, 0.5) is 4.39 Å². The van der Waals surface area contributed by atoms with E-state index in [0.29, 0.717) is 36.9 Å². The van der Waals surface area contributed by atoms with Crippen LogP contribution < -0.4 is 9.47 Å². The molecular weight excluding hydrogens is 483 g/mol. The molecule has 0 aromatic heterocycles. The van der Waals surface area contributed by atoms with Gasteiger partial charge in [0.2, 0.25) is 0 Å². The summed E-state index contributed by atoms with van der Waals surface area (Å²) in [7, 11) is 1.56.